The Balaban J connectivity index is 1.14. The quantitative estimate of drug-likeness (QED) is 0.380. The normalized spacial score (nSPS) is 18.3. The maximum absolute atomic E-state index is 13.0. The Morgan fingerprint density at radius 1 is 0.786 bits per heavy atom. The highest BCUT2D eigenvalue weighted by Crippen LogP contribution is 2.23. The van der Waals surface area contributed by atoms with Gasteiger partial charge in [0.2, 0.25) is 17.7 Å². The van der Waals surface area contributed by atoms with E-state index in [4.69, 9.17) is 0 Å². The molecule has 2 N–H and O–H groups in total. The van der Waals surface area contributed by atoms with Gasteiger partial charge < -0.3 is 20.4 Å². The number of nitrogens with zero attached hydrogens (tertiary/aromatic N) is 3. The Hall–Kier alpha value is -4.79. The van der Waals surface area contributed by atoms with Crippen LogP contribution in [-0.2, 0) is 14.4 Å². The molecule has 2 aliphatic rings. The number of carbonyl (C=O) groups is 4. The molecule has 2 fully saturated rings. The molecule has 2 aromatic carbocycles. The van der Waals surface area contributed by atoms with Gasteiger partial charge in [-0.1, -0.05) is 43.3 Å². The van der Waals surface area contributed by atoms with Crippen LogP contribution in [0.4, 0.5) is 11.4 Å². The molecular formula is C33H35N5O4. The third-order valence-corrected chi connectivity index (χ3v) is 7.73. The van der Waals surface area contributed by atoms with Gasteiger partial charge in [-0.25, -0.2) is 0 Å². The molecule has 1 aromatic heterocycles. The van der Waals surface area contributed by atoms with Crippen LogP contribution in [-0.4, -0.2) is 63.6 Å². The summed E-state index contributed by atoms with van der Waals surface area (Å²) in [5.41, 5.74) is 3.76. The van der Waals surface area contributed by atoms with Crippen LogP contribution in [0, 0.1) is 0 Å². The van der Waals surface area contributed by atoms with Crippen molar-refractivity contribution < 1.29 is 19.2 Å². The number of nitrogens with one attached hydrogen (secondary N) is 2. The molecule has 4 amide bonds. The van der Waals surface area contributed by atoms with Crippen molar-refractivity contribution in [2.24, 2.45) is 0 Å². The Morgan fingerprint density at radius 2 is 1.31 bits per heavy atom. The molecule has 3 aromatic rings. The summed E-state index contributed by atoms with van der Waals surface area (Å²) < 4.78 is 0. The molecule has 2 atom stereocenters. The topological polar surface area (TPSA) is 112 Å². The fourth-order valence-corrected chi connectivity index (χ4v) is 5.48. The number of rotatable bonds is 8. The molecule has 0 saturated carbocycles. The van der Waals surface area contributed by atoms with E-state index < -0.39 is 12.1 Å². The third-order valence-electron chi connectivity index (χ3n) is 7.73. The zero-order valence-electron chi connectivity index (χ0n) is 23.7. The highest BCUT2D eigenvalue weighted by Gasteiger charge is 2.35. The number of anilines is 2. The summed E-state index contributed by atoms with van der Waals surface area (Å²) in [6.07, 6.45) is 10.4. The lowest BCUT2D eigenvalue weighted by atomic mass is 10.1. The molecule has 0 spiro atoms. The first-order chi connectivity index (χ1) is 20.4. The Labute approximate surface area is 245 Å². The predicted octanol–water partition coefficient (Wildman–Crippen LogP) is 4.83. The number of carbonyl (C=O) groups excluding carboxylic acids is 4. The van der Waals surface area contributed by atoms with Crippen molar-refractivity contribution in [3.05, 3.63) is 89.7 Å². The van der Waals surface area contributed by atoms with Gasteiger partial charge in [0.1, 0.15) is 12.1 Å². The standard InChI is InChI=1S/C33H35N5O4/c1-2-30(39)37-20-4-7-28(37)31(40)35-26-15-11-23(12-16-26)9-10-24-13-17-27(18-14-24)36-32(41)29-8-5-21-38(29)33(42)25-6-3-19-34-22-25/h3,6,9-19,22,28-29H,2,4-5,7-8,20-21H2,1H3,(H,35,40)(H,36,41)/b10-9+. The van der Waals surface area contributed by atoms with E-state index >= 15 is 0 Å². The lowest BCUT2D eigenvalue weighted by molar-refractivity contribution is -0.136. The van der Waals surface area contributed by atoms with E-state index in [1.54, 1.807) is 28.1 Å². The molecule has 0 radical (unpaired) electrons. The average Bonchev–Trinajstić information content (AvgIpc) is 3.72. The number of likely N-dealkylation sites (tertiary alicyclic amines) is 2. The number of aromatic nitrogens is 1. The lowest BCUT2D eigenvalue weighted by Gasteiger charge is -2.24. The van der Waals surface area contributed by atoms with Crippen molar-refractivity contribution in [1.29, 1.82) is 0 Å². The van der Waals surface area contributed by atoms with E-state index in [9.17, 15) is 19.2 Å². The van der Waals surface area contributed by atoms with Gasteiger partial charge in [0.25, 0.3) is 5.91 Å². The zero-order chi connectivity index (χ0) is 29.5. The summed E-state index contributed by atoms with van der Waals surface area (Å²) in [6, 6.07) is 17.6. The maximum atomic E-state index is 13.0. The van der Waals surface area contributed by atoms with Gasteiger partial charge in [0, 0.05) is 43.3 Å². The molecule has 216 valence electrons. The number of pyridine rings is 1. The summed E-state index contributed by atoms with van der Waals surface area (Å²) in [7, 11) is 0. The summed E-state index contributed by atoms with van der Waals surface area (Å²) in [5, 5.41) is 5.88. The Morgan fingerprint density at radius 3 is 1.81 bits per heavy atom. The molecule has 5 rings (SSSR count). The minimum Gasteiger partial charge on any atom is -0.331 e. The van der Waals surface area contributed by atoms with Gasteiger partial charge in [-0.2, -0.15) is 0 Å². The summed E-state index contributed by atoms with van der Waals surface area (Å²) in [5.74, 6) is -0.513. The molecular weight excluding hydrogens is 530 g/mol. The molecule has 3 heterocycles. The van der Waals surface area contributed by atoms with Crippen molar-refractivity contribution >= 4 is 47.2 Å². The second-order valence-corrected chi connectivity index (χ2v) is 10.6. The van der Waals surface area contributed by atoms with E-state index in [1.165, 1.54) is 6.20 Å². The van der Waals surface area contributed by atoms with E-state index in [0.29, 0.717) is 49.3 Å². The van der Waals surface area contributed by atoms with Gasteiger partial charge in [-0.3, -0.25) is 24.2 Å². The summed E-state index contributed by atoms with van der Waals surface area (Å²) >= 11 is 0. The van der Waals surface area contributed by atoms with Crippen LogP contribution in [0.15, 0.2) is 73.1 Å². The summed E-state index contributed by atoms with van der Waals surface area (Å²) in [4.78, 5) is 58.1. The van der Waals surface area contributed by atoms with Crippen LogP contribution in [0.25, 0.3) is 12.2 Å². The first-order valence-electron chi connectivity index (χ1n) is 14.4. The smallest absolute Gasteiger partial charge is 0.256 e. The highest BCUT2D eigenvalue weighted by atomic mass is 16.2. The molecule has 42 heavy (non-hydrogen) atoms. The molecule has 2 aliphatic heterocycles. The number of benzene rings is 2. The molecule has 0 aliphatic carbocycles. The minimum absolute atomic E-state index is 0.0114. The fraction of sp³-hybridized carbons (Fsp3) is 0.303. The summed E-state index contributed by atoms with van der Waals surface area (Å²) in [6.45, 7) is 2.99. The van der Waals surface area contributed by atoms with E-state index in [0.717, 1.165) is 24.0 Å². The fourth-order valence-electron chi connectivity index (χ4n) is 5.48. The Bertz CT molecular complexity index is 1450. The van der Waals surface area contributed by atoms with Crippen LogP contribution >= 0.6 is 0 Å². The lowest BCUT2D eigenvalue weighted by Crippen LogP contribution is -2.43. The van der Waals surface area contributed by atoms with Crippen LogP contribution in [0.1, 0.15) is 60.5 Å². The van der Waals surface area contributed by atoms with Crippen LogP contribution < -0.4 is 10.6 Å². The van der Waals surface area contributed by atoms with Gasteiger partial charge in [-0.15, -0.1) is 0 Å². The maximum Gasteiger partial charge on any atom is 0.256 e. The van der Waals surface area contributed by atoms with E-state index in [2.05, 4.69) is 15.6 Å². The second kappa shape index (κ2) is 13.2. The van der Waals surface area contributed by atoms with Gasteiger partial charge in [0.15, 0.2) is 0 Å². The first kappa shape index (κ1) is 28.7. The third kappa shape index (κ3) is 6.74. The van der Waals surface area contributed by atoms with Crippen LogP contribution in [0.5, 0.6) is 0 Å². The second-order valence-electron chi connectivity index (χ2n) is 10.6. The van der Waals surface area contributed by atoms with Crippen molar-refractivity contribution in [2.75, 3.05) is 23.7 Å². The van der Waals surface area contributed by atoms with Crippen molar-refractivity contribution in [3.63, 3.8) is 0 Å². The number of hydrogen-bond donors (Lipinski definition) is 2. The SMILES string of the molecule is CCC(=O)N1CCCC1C(=O)Nc1ccc(/C=C/c2ccc(NC(=O)C3CCCN3C(=O)c3cccnc3)cc2)cc1. The monoisotopic (exact) mass is 565 g/mol. The minimum atomic E-state index is -0.513. The zero-order valence-corrected chi connectivity index (χ0v) is 23.7. The molecule has 2 saturated heterocycles. The molecule has 0 bridgehead atoms. The largest absolute Gasteiger partial charge is 0.331 e. The van der Waals surface area contributed by atoms with E-state index in [-0.39, 0.29) is 23.6 Å². The molecule has 9 nitrogen and oxygen atoms in total. The van der Waals surface area contributed by atoms with Crippen molar-refractivity contribution in [1.82, 2.24) is 14.8 Å². The van der Waals surface area contributed by atoms with Crippen molar-refractivity contribution in [2.45, 2.75) is 51.1 Å². The van der Waals surface area contributed by atoms with Gasteiger partial charge >= 0.3 is 0 Å². The van der Waals surface area contributed by atoms with Crippen LogP contribution in [0.3, 0.4) is 0 Å². The number of amides is 4. The molecule has 9 heteroatoms. The Kier molecular flexibility index (Phi) is 9.06. The van der Waals surface area contributed by atoms with Gasteiger partial charge in [0.05, 0.1) is 5.56 Å². The van der Waals surface area contributed by atoms with Crippen LogP contribution in [0.2, 0.25) is 0 Å². The van der Waals surface area contributed by atoms with Gasteiger partial charge in [-0.05, 0) is 73.2 Å². The predicted molar refractivity (Wildman–Crippen MR) is 162 cm³/mol. The van der Waals surface area contributed by atoms with E-state index in [1.807, 2.05) is 67.6 Å². The van der Waals surface area contributed by atoms with Crippen molar-refractivity contribution in [3.8, 4) is 0 Å². The molecule has 2 unspecified atom stereocenters. The average molecular weight is 566 g/mol. The highest BCUT2D eigenvalue weighted by molar-refractivity contribution is 6.01. The number of hydrogen-bond acceptors (Lipinski definition) is 5. The first-order valence-corrected chi connectivity index (χ1v) is 14.4.